The van der Waals surface area contributed by atoms with E-state index in [2.05, 4.69) is 5.32 Å². The molecule has 122 valence electrons. The van der Waals surface area contributed by atoms with Gasteiger partial charge in [-0.05, 0) is 32.0 Å². The minimum atomic E-state index is -0.432. The minimum Gasteiger partial charge on any atom is -0.352 e. The lowest BCUT2D eigenvalue weighted by Crippen LogP contribution is -2.44. The molecule has 8 heteroatoms. The van der Waals surface area contributed by atoms with Crippen LogP contribution in [0.15, 0.2) is 12.1 Å². The number of carbonyl (C=O) groups is 3. The lowest BCUT2D eigenvalue weighted by Gasteiger charge is -2.22. The second-order valence-corrected chi connectivity index (χ2v) is 6.66. The number of imide groups is 1. The van der Waals surface area contributed by atoms with Crippen LogP contribution in [0.3, 0.4) is 0 Å². The van der Waals surface area contributed by atoms with Crippen molar-refractivity contribution in [1.29, 1.82) is 0 Å². The molecule has 2 aliphatic rings. The zero-order valence-corrected chi connectivity index (χ0v) is 13.9. The average Bonchev–Trinajstić information content (AvgIpc) is 3.25. The zero-order chi connectivity index (χ0) is 16.7. The number of amides is 3. The van der Waals surface area contributed by atoms with Gasteiger partial charge >= 0.3 is 0 Å². The molecule has 3 amide bonds. The van der Waals surface area contributed by atoms with Gasteiger partial charge in [-0.1, -0.05) is 23.2 Å². The first-order valence-corrected chi connectivity index (χ1v) is 7.95. The second kappa shape index (κ2) is 6.11. The largest absolute Gasteiger partial charge is 0.352 e. The number of nitrogens with zero attached hydrogens (tertiary/aromatic N) is 2. The minimum absolute atomic E-state index is 0.0275. The van der Waals surface area contributed by atoms with Crippen LogP contribution in [0, 0.1) is 0 Å². The van der Waals surface area contributed by atoms with Crippen molar-refractivity contribution in [2.45, 2.75) is 18.9 Å². The van der Waals surface area contributed by atoms with Crippen molar-refractivity contribution in [1.82, 2.24) is 15.1 Å². The van der Waals surface area contributed by atoms with Crippen molar-refractivity contribution in [2.24, 2.45) is 0 Å². The van der Waals surface area contributed by atoms with Crippen LogP contribution in [0.25, 0.3) is 0 Å². The van der Waals surface area contributed by atoms with E-state index < -0.39 is 11.8 Å². The molecular formula is C15H15Cl2N3O3. The van der Waals surface area contributed by atoms with E-state index in [9.17, 15) is 14.4 Å². The van der Waals surface area contributed by atoms with E-state index in [4.69, 9.17) is 23.2 Å². The third-order valence-electron chi connectivity index (χ3n) is 3.75. The lowest BCUT2D eigenvalue weighted by atomic mass is 10.1. The summed E-state index contributed by atoms with van der Waals surface area (Å²) in [5.41, 5.74) is 0.473. The molecule has 1 aromatic carbocycles. The van der Waals surface area contributed by atoms with Gasteiger partial charge in [0.2, 0.25) is 5.91 Å². The Morgan fingerprint density at radius 2 is 1.74 bits per heavy atom. The topological polar surface area (TPSA) is 69.7 Å². The zero-order valence-electron chi connectivity index (χ0n) is 12.4. The molecule has 0 atom stereocenters. The first-order chi connectivity index (χ1) is 10.9. The highest BCUT2D eigenvalue weighted by atomic mass is 35.5. The Morgan fingerprint density at radius 3 is 2.22 bits per heavy atom. The Hall–Kier alpha value is -1.63. The van der Waals surface area contributed by atoms with Crippen LogP contribution >= 0.6 is 23.2 Å². The smallest absolute Gasteiger partial charge is 0.262 e. The van der Waals surface area contributed by atoms with Gasteiger partial charge in [0, 0.05) is 6.04 Å². The molecule has 1 aromatic rings. The van der Waals surface area contributed by atoms with Crippen LogP contribution in [0.5, 0.6) is 0 Å². The van der Waals surface area contributed by atoms with Crippen LogP contribution in [0.4, 0.5) is 0 Å². The van der Waals surface area contributed by atoms with E-state index in [1.165, 1.54) is 12.1 Å². The van der Waals surface area contributed by atoms with Gasteiger partial charge in [-0.25, -0.2) is 0 Å². The third-order valence-corrected chi connectivity index (χ3v) is 4.47. The summed E-state index contributed by atoms with van der Waals surface area (Å²) in [5.74, 6) is -0.978. The fourth-order valence-corrected chi connectivity index (χ4v) is 2.78. The van der Waals surface area contributed by atoms with Crippen molar-refractivity contribution in [2.75, 3.05) is 20.3 Å². The molecule has 23 heavy (non-hydrogen) atoms. The molecule has 6 nitrogen and oxygen atoms in total. The molecule has 1 aliphatic carbocycles. The van der Waals surface area contributed by atoms with Gasteiger partial charge in [0.25, 0.3) is 11.8 Å². The standard InChI is InChI=1S/C15H15Cl2N3O3/c1-19(6-13(21)18-8-2-3-8)7-20-14(22)9-4-11(16)12(17)5-10(9)15(20)23/h4-5,8H,2-3,6-7H2,1H3,(H,18,21). The maximum atomic E-state index is 12.4. The van der Waals surface area contributed by atoms with Gasteiger partial charge in [-0.2, -0.15) is 0 Å². The summed E-state index contributed by atoms with van der Waals surface area (Å²) in [6, 6.07) is 3.08. The van der Waals surface area contributed by atoms with Crippen molar-refractivity contribution < 1.29 is 14.4 Å². The van der Waals surface area contributed by atoms with E-state index in [0.717, 1.165) is 17.7 Å². The highest BCUT2D eigenvalue weighted by molar-refractivity contribution is 6.43. The molecule has 1 N–H and O–H groups in total. The van der Waals surface area contributed by atoms with Crippen LogP contribution < -0.4 is 5.32 Å². The first kappa shape index (κ1) is 16.2. The normalized spacial score (nSPS) is 17.0. The van der Waals surface area contributed by atoms with Gasteiger partial charge in [0.15, 0.2) is 0 Å². The summed E-state index contributed by atoms with van der Waals surface area (Å²) in [7, 11) is 1.68. The maximum absolute atomic E-state index is 12.4. The predicted octanol–water partition coefficient (Wildman–Crippen LogP) is 1.76. The Kier molecular flexibility index (Phi) is 4.31. The molecule has 3 rings (SSSR count). The average molecular weight is 356 g/mol. The number of fused-ring (bicyclic) bond motifs is 1. The summed E-state index contributed by atoms with van der Waals surface area (Å²) in [6.45, 7) is 0.144. The number of hydrogen-bond acceptors (Lipinski definition) is 4. The number of halogens is 2. The van der Waals surface area contributed by atoms with E-state index in [0.29, 0.717) is 0 Å². The molecule has 0 bridgehead atoms. The summed E-state index contributed by atoms with van der Waals surface area (Å²) < 4.78 is 0. The summed E-state index contributed by atoms with van der Waals surface area (Å²) in [6.07, 6.45) is 2.02. The molecular weight excluding hydrogens is 341 g/mol. The molecule has 0 saturated heterocycles. The third kappa shape index (κ3) is 3.34. The Bertz CT molecular complexity index is 662. The highest BCUT2D eigenvalue weighted by Crippen LogP contribution is 2.31. The number of nitrogens with one attached hydrogen (secondary N) is 1. The van der Waals surface area contributed by atoms with Gasteiger partial charge in [-0.3, -0.25) is 24.2 Å². The molecule has 0 spiro atoms. The fourth-order valence-electron chi connectivity index (χ4n) is 2.45. The summed E-state index contributed by atoms with van der Waals surface area (Å²) in [5, 5.41) is 3.32. The molecule has 1 saturated carbocycles. The highest BCUT2D eigenvalue weighted by Gasteiger charge is 2.37. The van der Waals surface area contributed by atoms with E-state index >= 15 is 0 Å². The lowest BCUT2D eigenvalue weighted by molar-refractivity contribution is -0.122. The number of benzene rings is 1. The number of carbonyl (C=O) groups excluding carboxylic acids is 3. The quantitative estimate of drug-likeness (QED) is 0.817. The SMILES string of the molecule is CN(CC(=O)NC1CC1)CN1C(=O)c2cc(Cl)c(Cl)cc2C1=O. The van der Waals surface area contributed by atoms with Crippen molar-refractivity contribution >= 4 is 40.9 Å². The molecule has 1 aliphatic heterocycles. The fraction of sp³-hybridized carbons (Fsp3) is 0.400. The molecule has 0 aromatic heterocycles. The predicted molar refractivity (Wildman–Crippen MR) is 85.6 cm³/mol. The van der Waals surface area contributed by atoms with Crippen LogP contribution in [-0.4, -0.2) is 53.8 Å². The molecule has 1 heterocycles. The van der Waals surface area contributed by atoms with Crippen molar-refractivity contribution in [3.63, 3.8) is 0 Å². The summed E-state index contributed by atoms with van der Waals surface area (Å²) in [4.78, 5) is 39.2. The molecule has 0 unspecified atom stereocenters. The molecule has 1 fully saturated rings. The Balaban J connectivity index is 1.68. The summed E-state index contributed by atoms with van der Waals surface area (Å²) >= 11 is 11.8. The van der Waals surface area contributed by atoms with E-state index in [1.807, 2.05) is 0 Å². The Morgan fingerprint density at radius 1 is 1.22 bits per heavy atom. The van der Waals surface area contributed by atoms with E-state index in [1.54, 1.807) is 11.9 Å². The van der Waals surface area contributed by atoms with Gasteiger partial charge in [0.05, 0.1) is 34.4 Å². The molecule has 0 radical (unpaired) electrons. The van der Waals surface area contributed by atoms with Crippen LogP contribution in [0.2, 0.25) is 10.0 Å². The van der Waals surface area contributed by atoms with Gasteiger partial charge < -0.3 is 5.32 Å². The van der Waals surface area contributed by atoms with Crippen molar-refractivity contribution in [3.8, 4) is 0 Å². The second-order valence-electron chi connectivity index (χ2n) is 5.85. The van der Waals surface area contributed by atoms with Gasteiger partial charge in [-0.15, -0.1) is 0 Å². The number of likely N-dealkylation sites (N-methyl/N-ethyl adjacent to an activating group) is 1. The monoisotopic (exact) mass is 355 g/mol. The van der Waals surface area contributed by atoms with Crippen LogP contribution in [-0.2, 0) is 4.79 Å². The number of hydrogen-bond donors (Lipinski definition) is 1. The van der Waals surface area contributed by atoms with Crippen molar-refractivity contribution in [3.05, 3.63) is 33.3 Å². The Labute approximate surface area is 143 Å². The first-order valence-electron chi connectivity index (χ1n) is 7.20. The van der Waals surface area contributed by atoms with E-state index in [-0.39, 0.29) is 46.3 Å². The van der Waals surface area contributed by atoms with Gasteiger partial charge in [0.1, 0.15) is 0 Å². The maximum Gasteiger partial charge on any atom is 0.262 e. The number of rotatable bonds is 5. The van der Waals surface area contributed by atoms with Crippen LogP contribution in [0.1, 0.15) is 33.6 Å².